The fourth-order valence-corrected chi connectivity index (χ4v) is 3.83. The van der Waals surface area contributed by atoms with Crippen LogP contribution in [0.15, 0.2) is 58.3 Å². The van der Waals surface area contributed by atoms with Crippen molar-refractivity contribution in [1.82, 2.24) is 14.5 Å². The molecule has 0 amide bonds. The van der Waals surface area contributed by atoms with Gasteiger partial charge in [-0.2, -0.15) is 0 Å². The maximum Gasteiger partial charge on any atom is 0.305 e. The summed E-state index contributed by atoms with van der Waals surface area (Å²) < 4.78 is 34.6. The summed E-state index contributed by atoms with van der Waals surface area (Å²) >= 11 is 3.46. The molecule has 6 nitrogen and oxygen atoms in total. The number of benzene rings is 1. The van der Waals surface area contributed by atoms with Crippen molar-refractivity contribution in [2.24, 2.45) is 4.99 Å². The lowest BCUT2D eigenvalue weighted by Crippen LogP contribution is -2.10. The number of esters is 1. The molecule has 9 heteroatoms. The van der Waals surface area contributed by atoms with Crippen LogP contribution >= 0.6 is 15.9 Å². The third-order valence-electron chi connectivity index (χ3n) is 4.83. The average Bonchev–Trinajstić information content (AvgIpc) is 3.14. The van der Waals surface area contributed by atoms with Crippen molar-refractivity contribution in [2.75, 3.05) is 7.11 Å². The molecule has 0 N–H and O–H groups in total. The van der Waals surface area contributed by atoms with E-state index in [1.54, 1.807) is 24.4 Å². The highest BCUT2D eigenvalue weighted by molar-refractivity contribution is 9.10. The number of methoxy groups -OCH3 is 1. The number of hydrogen-bond acceptors (Lipinski definition) is 5. The van der Waals surface area contributed by atoms with E-state index in [4.69, 9.17) is 9.73 Å². The average molecular weight is 475 g/mol. The molecular weight excluding hydrogens is 458 g/mol. The standard InChI is InChI=1S/C21H17BrF2N4O2/c1-30-18(29)8-6-15-21-26-11-17(20(23)24)28(21)16-7-5-12(22)10-13(16)19(27-15)14-4-2-3-9-25-14/h2-5,7,9-11,15,20H,6,8H2,1H3/t15-/m0/s1. The van der Waals surface area contributed by atoms with E-state index in [-0.39, 0.29) is 18.5 Å². The first-order valence-electron chi connectivity index (χ1n) is 9.21. The molecule has 0 aliphatic carbocycles. The number of carbonyl (C=O) groups is 1. The van der Waals surface area contributed by atoms with E-state index in [1.165, 1.54) is 11.7 Å². The van der Waals surface area contributed by atoms with Crippen molar-refractivity contribution >= 4 is 27.6 Å². The summed E-state index contributed by atoms with van der Waals surface area (Å²) in [4.78, 5) is 25.3. The zero-order chi connectivity index (χ0) is 21.3. The topological polar surface area (TPSA) is 69.4 Å². The van der Waals surface area contributed by atoms with Crippen LogP contribution in [-0.4, -0.2) is 33.3 Å². The van der Waals surface area contributed by atoms with Gasteiger partial charge >= 0.3 is 5.97 Å². The smallest absolute Gasteiger partial charge is 0.305 e. The summed E-state index contributed by atoms with van der Waals surface area (Å²) in [5.41, 5.74) is 2.10. The second-order valence-corrected chi connectivity index (χ2v) is 7.58. The molecule has 0 saturated carbocycles. The fraction of sp³-hybridized carbons (Fsp3) is 0.238. The molecule has 0 saturated heterocycles. The minimum Gasteiger partial charge on any atom is -0.469 e. The highest BCUT2D eigenvalue weighted by atomic mass is 79.9. The molecule has 1 aliphatic rings. The number of hydrogen-bond donors (Lipinski definition) is 0. The molecule has 0 spiro atoms. The molecule has 1 aromatic carbocycles. The summed E-state index contributed by atoms with van der Waals surface area (Å²) in [6.07, 6.45) is 0.431. The molecule has 3 aromatic rings. The van der Waals surface area contributed by atoms with E-state index in [1.807, 2.05) is 18.2 Å². The van der Waals surface area contributed by atoms with Gasteiger partial charge in [0, 0.05) is 22.7 Å². The van der Waals surface area contributed by atoms with Crippen LogP contribution in [0, 0.1) is 0 Å². The molecule has 3 heterocycles. The van der Waals surface area contributed by atoms with Crippen LogP contribution < -0.4 is 0 Å². The van der Waals surface area contributed by atoms with Crippen LogP contribution in [0.25, 0.3) is 5.69 Å². The Morgan fingerprint density at radius 1 is 1.27 bits per heavy atom. The van der Waals surface area contributed by atoms with Gasteiger partial charge in [0.05, 0.1) is 30.4 Å². The molecule has 0 bridgehead atoms. The van der Waals surface area contributed by atoms with Gasteiger partial charge in [0.1, 0.15) is 17.6 Å². The van der Waals surface area contributed by atoms with Gasteiger partial charge in [-0.05, 0) is 36.8 Å². The van der Waals surface area contributed by atoms with E-state index in [0.717, 1.165) is 10.7 Å². The number of rotatable bonds is 5. The van der Waals surface area contributed by atoms with Gasteiger partial charge in [0.25, 0.3) is 6.43 Å². The van der Waals surface area contributed by atoms with Gasteiger partial charge in [-0.25, -0.2) is 13.8 Å². The molecule has 30 heavy (non-hydrogen) atoms. The largest absolute Gasteiger partial charge is 0.469 e. The molecule has 0 radical (unpaired) electrons. The van der Waals surface area contributed by atoms with Crippen molar-refractivity contribution in [1.29, 1.82) is 0 Å². The third-order valence-corrected chi connectivity index (χ3v) is 5.33. The maximum absolute atomic E-state index is 13.8. The number of pyridine rings is 1. The number of imidazole rings is 1. The highest BCUT2D eigenvalue weighted by Crippen LogP contribution is 2.36. The van der Waals surface area contributed by atoms with Gasteiger partial charge in [-0.3, -0.25) is 19.3 Å². The predicted octanol–water partition coefficient (Wildman–Crippen LogP) is 4.81. The Bertz CT molecular complexity index is 1120. The minimum absolute atomic E-state index is 0.0804. The van der Waals surface area contributed by atoms with Crippen molar-refractivity contribution in [2.45, 2.75) is 25.3 Å². The van der Waals surface area contributed by atoms with E-state index in [0.29, 0.717) is 28.5 Å². The van der Waals surface area contributed by atoms with Crippen LogP contribution in [0.2, 0.25) is 0 Å². The van der Waals surface area contributed by atoms with Gasteiger partial charge in [0.2, 0.25) is 0 Å². The number of alkyl halides is 2. The molecule has 0 unspecified atom stereocenters. The third kappa shape index (κ3) is 3.77. The molecule has 1 atom stereocenters. The quantitative estimate of drug-likeness (QED) is 0.497. The number of nitrogens with zero attached hydrogens (tertiary/aromatic N) is 4. The maximum atomic E-state index is 13.8. The summed E-state index contributed by atoms with van der Waals surface area (Å²) in [5, 5.41) is 0. The van der Waals surface area contributed by atoms with Gasteiger partial charge < -0.3 is 4.74 Å². The SMILES string of the molecule is COC(=O)CC[C@@H]1N=C(c2ccccn2)c2cc(Br)ccc2-n2c(C(F)F)cnc21. The van der Waals surface area contributed by atoms with Crippen LogP contribution in [-0.2, 0) is 9.53 Å². The van der Waals surface area contributed by atoms with Crippen molar-refractivity contribution in [3.8, 4) is 5.69 Å². The minimum atomic E-state index is -2.72. The normalized spacial score (nSPS) is 15.2. The molecule has 0 fully saturated rings. The summed E-state index contributed by atoms with van der Waals surface area (Å²) in [5.74, 6) is -0.0509. The predicted molar refractivity (Wildman–Crippen MR) is 110 cm³/mol. The Morgan fingerprint density at radius 2 is 2.10 bits per heavy atom. The lowest BCUT2D eigenvalue weighted by atomic mass is 10.0. The van der Waals surface area contributed by atoms with E-state index in [2.05, 4.69) is 25.9 Å². The Hall–Kier alpha value is -2.94. The summed E-state index contributed by atoms with van der Waals surface area (Å²) in [7, 11) is 1.31. The van der Waals surface area contributed by atoms with Gasteiger partial charge in [0.15, 0.2) is 0 Å². The van der Waals surface area contributed by atoms with Crippen molar-refractivity contribution < 1.29 is 18.3 Å². The zero-order valence-corrected chi connectivity index (χ0v) is 17.5. The Balaban J connectivity index is 1.96. The first-order valence-corrected chi connectivity index (χ1v) is 10.0. The van der Waals surface area contributed by atoms with Gasteiger partial charge in [-0.15, -0.1) is 0 Å². The van der Waals surface area contributed by atoms with Crippen LogP contribution in [0.4, 0.5) is 8.78 Å². The summed E-state index contributed by atoms with van der Waals surface area (Å²) in [6, 6.07) is 10.2. The second kappa shape index (κ2) is 8.43. The number of aromatic nitrogens is 3. The van der Waals surface area contributed by atoms with Crippen LogP contribution in [0.1, 0.15) is 48.1 Å². The van der Waals surface area contributed by atoms with Gasteiger partial charge in [-0.1, -0.05) is 22.0 Å². The number of halogens is 3. The number of fused-ring (bicyclic) bond motifs is 3. The first-order chi connectivity index (χ1) is 14.5. The lowest BCUT2D eigenvalue weighted by molar-refractivity contribution is -0.140. The number of ether oxygens (including phenoxy) is 1. The molecule has 1 aliphatic heterocycles. The Labute approximate surface area is 179 Å². The lowest BCUT2D eigenvalue weighted by Gasteiger charge is -2.15. The molecule has 4 rings (SSSR count). The Kier molecular flexibility index (Phi) is 5.72. The fourth-order valence-electron chi connectivity index (χ4n) is 3.46. The zero-order valence-electron chi connectivity index (χ0n) is 15.9. The monoisotopic (exact) mass is 474 g/mol. The summed E-state index contributed by atoms with van der Waals surface area (Å²) in [6.45, 7) is 0. The van der Waals surface area contributed by atoms with Crippen LogP contribution in [0.3, 0.4) is 0 Å². The van der Waals surface area contributed by atoms with Crippen molar-refractivity contribution in [3.63, 3.8) is 0 Å². The van der Waals surface area contributed by atoms with Crippen LogP contribution in [0.5, 0.6) is 0 Å². The second-order valence-electron chi connectivity index (χ2n) is 6.66. The molecule has 154 valence electrons. The number of carbonyl (C=O) groups excluding carboxylic acids is 1. The molecular formula is C21H17BrF2N4O2. The van der Waals surface area contributed by atoms with E-state index >= 15 is 0 Å². The number of aliphatic imine (C=N–C) groups is 1. The highest BCUT2D eigenvalue weighted by Gasteiger charge is 2.31. The van der Waals surface area contributed by atoms with E-state index in [9.17, 15) is 13.6 Å². The molecule has 2 aromatic heterocycles. The first kappa shape index (κ1) is 20.3. The van der Waals surface area contributed by atoms with E-state index < -0.39 is 18.4 Å². The Morgan fingerprint density at radius 3 is 2.80 bits per heavy atom. The van der Waals surface area contributed by atoms with Crippen molar-refractivity contribution in [3.05, 3.63) is 76.0 Å².